The molecule has 0 amide bonds. The molecule has 1 aromatic heterocycles. The molecule has 9 heteroatoms. The number of ether oxygens (including phenoxy) is 1. The molecule has 0 aromatic carbocycles. The van der Waals surface area contributed by atoms with E-state index in [0.29, 0.717) is 30.0 Å². The Kier molecular flexibility index (Phi) is 5.46. The van der Waals surface area contributed by atoms with Crippen molar-refractivity contribution < 1.29 is 14.3 Å². The predicted octanol–water partition coefficient (Wildman–Crippen LogP) is 1.63. The average molecular weight is 333 g/mol. The lowest BCUT2D eigenvalue weighted by Gasteiger charge is -2.27. The fourth-order valence-corrected chi connectivity index (χ4v) is 2.95. The van der Waals surface area contributed by atoms with Crippen LogP contribution in [-0.4, -0.2) is 50.9 Å². The summed E-state index contributed by atoms with van der Waals surface area (Å²) < 4.78 is 6.09. The zero-order valence-electron chi connectivity index (χ0n) is 11.8. The number of esters is 1. The van der Waals surface area contributed by atoms with Gasteiger partial charge in [-0.25, -0.2) is 0 Å². The van der Waals surface area contributed by atoms with E-state index in [4.69, 9.17) is 16.3 Å². The number of anilines is 1. The number of alkyl halides is 1. The number of carbonyl (C=O) groups excluding carboxylic acids is 2. The van der Waals surface area contributed by atoms with Crippen molar-refractivity contribution in [1.29, 1.82) is 0 Å². The summed E-state index contributed by atoms with van der Waals surface area (Å²) in [4.78, 5) is 27.9. The smallest absolute Gasteiger partial charge is 0.316 e. The summed E-state index contributed by atoms with van der Waals surface area (Å²) >= 11 is 6.88. The van der Waals surface area contributed by atoms with E-state index in [1.807, 2.05) is 6.92 Å². The lowest BCUT2D eigenvalue weighted by atomic mass is 9.96. The van der Waals surface area contributed by atoms with E-state index in [0.717, 1.165) is 11.8 Å². The highest BCUT2D eigenvalue weighted by Gasteiger charge is 2.34. The molecule has 1 aromatic rings. The number of hydrogen-bond donors (Lipinski definition) is 1. The van der Waals surface area contributed by atoms with Crippen molar-refractivity contribution in [3.05, 3.63) is 0 Å². The molecule has 2 heterocycles. The molecule has 0 spiro atoms. The van der Waals surface area contributed by atoms with Gasteiger partial charge in [-0.2, -0.15) is 9.67 Å². The Morgan fingerprint density at radius 2 is 2.33 bits per heavy atom. The van der Waals surface area contributed by atoms with Crippen LogP contribution in [0, 0.1) is 5.92 Å². The lowest BCUT2D eigenvalue weighted by Crippen LogP contribution is -2.42. The Labute approximate surface area is 131 Å². The second-order valence-corrected chi connectivity index (χ2v) is 5.90. The number of halogens is 1. The van der Waals surface area contributed by atoms with Crippen molar-refractivity contribution in [1.82, 2.24) is 14.8 Å². The Morgan fingerprint density at radius 3 is 3.00 bits per heavy atom. The number of aromatic nitrogens is 3. The molecule has 1 aliphatic heterocycles. The van der Waals surface area contributed by atoms with Gasteiger partial charge < -0.3 is 10.1 Å². The molecular formula is C12H17ClN4O3S. The van der Waals surface area contributed by atoms with Crippen LogP contribution >= 0.6 is 23.4 Å². The summed E-state index contributed by atoms with van der Waals surface area (Å²) in [5.41, 5.74) is 0. The van der Waals surface area contributed by atoms with E-state index in [1.54, 1.807) is 6.92 Å². The van der Waals surface area contributed by atoms with E-state index in [2.05, 4.69) is 15.4 Å². The predicted molar refractivity (Wildman–Crippen MR) is 79.9 cm³/mol. The average Bonchev–Trinajstić information content (AvgIpc) is 2.85. The van der Waals surface area contributed by atoms with Gasteiger partial charge >= 0.3 is 5.97 Å². The molecule has 116 valence electrons. The second kappa shape index (κ2) is 7.13. The molecule has 2 atom stereocenters. The van der Waals surface area contributed by atoms with Crippen LogP contribution in [0.5, 0.6) is 0 Å². The first-order chi connectivity index (χ1) is 10.1. The second-order valence-electron chi connectivity index (χ2n) is 4.58. The highest BCUT2D eigenvalue weighted by molar-refractivity contribution is 7.99. The van der Waals surface area contributed by atoms with Crippen molar-refractivity contribution in [2.24, 2.45) is 5.92 Å². The molecular weight excluding hydrogens is 316 g/mol. The van der Waals surface area contributed by atoms with Gasteiger partial charge in [0.1, 0.15) is 0 Å². The monoisotopic (exact) mass is 332 g/mol. The van der Waals surface area contributed by atoms with Gasteiger partial charge in [-0.3, -0.25) is 9.59 Å². The van der Waals surface area contributed by atoms with Crippen LogP contribution in [0.1, 0.15) is 25.1 Å². The van der Waals surface area contributed by atoms with Crippen molar-refractivity contribution in [2.45, 2.75) is 31.5 Å². The summed E-state index contributed by atoms with van der Waals surface area (Å²) in [6, 6.07) is -0.0455. The number of rotatable bonds is 6. The highest BCUT2D eigenvalue weighted by Crippen LogP contribution is 2.26. The Bertz CT molecular complexity index is 537. The molecule has 21 heavy (non-hydrogen) atoms. The number of thioether (sulfide) groups is 1. The van der Waals surface area contributed by atoms with E-state index in [1.165, 1.54) is 4.68 Å². The molecule has 1 N–H and O–H groups in total. The molecule has 2 rings (SSSR count). The lowest BCUT2D eigenvalue weighted by molar-refractivity contribution is -0.139. The number of nitrogens with one attached hydrogen (secondary N) is 1. The van der Waals surface area contributed by atoms with E-state index < -0.39 is 0 Å². The normalized spacial score (nSPS) is 20.8. The van der Waals surface area contributed by atoms with Crippen LogP contribution in [0.25, 0.3) is 0 Å². The van der Waals surface area contributed by atoms with Gasteiger partial charge in [-0.1, -0.05) is 11.8 Å². The minimum Gasteiger partial charge on any atom is -0.465 e. The Hall–Kier alpha value is -1.28. The largest absolute Gasteiger partial charge is 0.465 e. The number of hydrogen-bond acceptors (Lipinski definition) is 7. The first-order valence-corrected chi connectivity index (χ1v) is 8.21. The van der Waals surface area contributed by atoms with Gasteiger partial charge in [-0.15, -0.1) is 16.7 Å². The molecule has 1 aliphatic rings. The minimum atomic E-state index is -0.331. The zero-order chi connectivity index (χ0) is 15.4. The summed E-state index contributed by atoms with van der Waals surface area (Å²) in [6.45, 7) is 4.00. The quantitative estimate of drug-likeness (QED) is 0.481. The number of fused-ring (bicyclic) bond motifs is 1. The summed E-state index contributed by atoms with van der Waals surface area (Å²) in [5.74, 6) is 0.267. The third-order valence-corrected chi connectivity index (χ3v) is 4.15. The standard InChI is InChI=1S/C12H17ClN4O3S/c1-3-20-9(18)6-21-12-15-11-14-7(2)8(4-5-13)10(19)17(11)16-12/h7-8H,3-6H2,1-2H3,(H,14,15,16). The van der Waals surface area contributed by atoms with Crippen LogP contribution in [0.2, 0.25) is 0 Å². The number of carbonyl (C=O) groups is 2. The van der Waals surface area contributed by atoms with E-state index >= 15 is 0 Å². The van der Waals surface area contributed by atoms with Gasteiger partial charge in [0.25, 0.3) is 5.91 Å². The first kappa shape index (κ1) is 16.1. The fraction of sp³-hybridized carbons (Fsp3) is 0.667. The maximum atomic E-state index is 12.3. The summed E-state index contributed by atoms with van der Waals surface area (Å²) in [5, 5.41) is 7.65. The van der Waals surface area contributed by atoms with Gasteiger partial charge in [0.05, 0.1) is 18.3 Å². The topological polar surface area (TPSA) is 86.1 Å². The molecule has 0 saturated carbocycles. The van der Waals surface area contributed by atoms with Crippen molar-refractivity contribution in [3.8, 4) is 0 Å². The maximum Gasteiger partial charge on any atom is 0.316 e. The third-order valence-electron chi connectivity index (χ3n) is 3.12. The number of nitrogens with zero attached hydrogens (tertiary/aromatic N) is 3. The van der Waals surface area contributed by atoms with Crippen LogP contribution in [0.4, 0.5) is 5.95 Å². The molecule has 0 fully saturated rings. The highest BCUT2D eigenvalue weighted by atomic mass is 35.5. The van der Waals surface area contributed by atoms with Crippen LogP contribution in [0.3, 0.4) is 0 Å². The fourth-order valence-electron chi connectivity index (χ4n) is 2.09. The third kappa shape index (κ3) is 3.68. The van der Waals surface area contributed by atoms with E-state index in [9.17, 15) is 9.59 Å². The van der Waals surface area contributed by atoms with Crippen LogP contribution < -0.4 is 5.32 Å². The van der Waals surface area contributed by atoms with Gasteiger partial charge in [-0.05, 0) is 20.3 Å². The minimum absolute atomic E-state index is 0.0455. The molecule has 2 unspecified atom stereocenters. The van der Waals surface area contributed by atoms with Crippen molar-refractivity contribution >= 4 is 41.2 Å². The Balaban J connectivity index is 2.07. The molecule has 0 radical (unpaired) electrons. The first-order valence-electron chi connectivity index (χ1n) is 6.69. The van der Waals surface area contributed by atoms with Gasteiger partial charge in [0.15, 0.2) is 0 Å². The van der Waals surface area contributed by atoms with Crippen molar-refractivity contribution in [3.63, 3.8) is 0 Å². The molecule has 7 nitrogen and oxygen atoms in total. The van der Waals surface area contributed by atoms with Gasteiger partial charge in [0.2, 0.25) is 11.1 Å². The summed E-state index contributed by atoms with van der Waals surface area (Å²) in [6.07, 6.45) is 0.582. The summed E-state index contributed by atoms with van der Waals surface area (Å²) in [7, 11) is 0. The molecule has 0 saturated heterocycles. The van der Waals surface area contributed by atoms with Crippen LogP contribution in [-0.2, 0) is 9.53 Å². The van der Waals surface area contributed by atoms with Gasteiger partial charge in [0, 0.05) is 11.9 Å². The van der Waals surface area contributed by atoms with Crippen LogP contribution in [0.15, 0.2) is 5.16 Å². The van der Waals surface area contributed by atoms with Crippen molar-refractivity contribution in [2.75, 3.05) is 23.6 Å². The Morgan fingerprint density at radius 1 is 1.57 bits per heavy atom. The SMILES string of the molecule is CCOC(=O)CSc1nc2n(n1)C(=O)C(CCCl)C(C)N2. The molecule has 0 aliphatic carbocycles. The molecule has 0 bridgehead atoms. The zero-order valence-corrected chi connectivity index (χ0v) is 13.4. The van der Waals surface area contributed by atoms with E-state index in [-0.39, 0.29) is 29.6 Å². The maximum absolute atomic E-state index is 12.3.